The third-order valence-corrected chi connectivity index (χ3v) is 4.12. The fraction of sp³-hybridized carbons (Fsp3) is 0.235. The first kappa shape index (κ1) is 18.7. The highest BCUT2D eigenvalue weighted by Crippen LogP contribution is 2.37. The summed E-state index contributed by atoms with van der Waals surface area (Å²) in [6.07, 6.45) is 2.78. The normalized spacial score (nSPS) is 17.5. The van der Waals surface area contributed by atoms with Crippen LogP contribution in [0.25, 0.3) is 0 Å². The summed E-state index contributed by atoms with van der Waals surface area (Å²) in [6, 6.07) is 5.83. The van der Waals surface area contributed by atoms with Gasteiger partial charge in [-0.3, -0.25) is 4.98 Å². The van der Waals surface area contributed by atoms with E-state index < -0.39 is 5.82 Å². The topological polar surface area (TPSA) is 110 Å². The third kappa shape index (κ3) is 3.88. The molecule has 1 aromatic carbocycles. The molecule has 2 aromatic rings. The number of fused-ring (bicyclic) bond motifs is 1. The fourth-order valence-electron chi connectivity index (χ4n) is 3.09. The Morgan fingerprint density at radius 2 is 2.04 bits per heavy atom. The molecule has 1 aliphatic rings. The van der Waals surface area contributed by atoms with Crippen LogP contribution in [-0.4, -0.2) is 21.8 Å². The Morgan fingerprint density at radius 3 is 2.76 bits per heavy atom. The second-order valence-corrected chi connectivity index (χ2v) is 5.83. The van der Waals surface area contributed by atoms with Gasteiger partial charge in [-0.05, 0) is 55.5 Å². The van der Waals surface area contributed by atoms with Crippen molar-refractivity contribution < 1.29 is 9.50 Å². The highest BCUT2D eigenvalue weighted by Gasteiger charge is 2.29. The van der Waals surface area contributed by atoms with Gasteiger partial charge in [-0.2, -0.15) is 5.10 Å². The van der Waals surface area contributed by atoms with Crippen molar-refractivity contribution >= 4 is 24.1 Å². The number of nitrogens with two attached hydrogens (primary N) is 2. The molecule has 8 heteroatoms. The van der Waals surface area contributed by atoms with Gasteiger partial charge < -0.3 is 16.6 Å². The molecule has 3 rings (SSSR count). The molecular weight excluding hydrogens is 345 g/mol. The summed E-state index contributed by atoms with van der Waals surface area (Å²) >= 11 is 0. The molecule has 6 nitrogen and oxygen atoms in total. The van der Waals surface area contributed by atoms with Gasteiger partial charge in [0.1, 0.15) is 11.6 Å². The zero-order chi connectivity index (χ0) is 17.3. The van der Waals surface area contributed by atoms with E-state index in [1.807, 2.05) is 13.0 Å². The minimum atomic E-state index is -0.395. The van der Waals surface area contributed by atoms with Gasteiger partial charge in [0.05, 0.1) is 11.4 Å². The smallest absolute Gasteiger partial charge is 0.211 e. The Morgan fingerprint density at radius 1 is 1.28 bits per heavy atom. The second kappa shape index (κ2) is 7.48. The van der Waals surface area contributed by atoms with Gasteiger partial charge in [-0.1, -0.05) is 0 Å². The quantitative estimate of drug-likeness (QED) is 0.432. The van der Waals surface area contributed by atoms with E-state index in [4.69, 9.17) is 11.5 Å². The van der Waals surface area contributed by atoms with Crippen molar-refractivity contribution in [2.24, 2.45) is 21.7 Å². The molecule has 132 valence electrons. The number of rotatable bonds is 2. The number of hydrogen-bond donors (Lipinski definition) is 3. The maximum absolute atomic E-state index is 13.6. The molecule has 0 amide bonds. The van der Waals surface area contributed by atoms with Gasteiger partial charge in [0.2, 0.25) is 5.96 Å². The molecular formula is C17H19ClFN5O. The van der Waals surface area contributed by atoms with Crippen LogP contribution in [0.5, 0.6) is 5.75 Å². The summed E-state index contributed by atoms with van der Waals surface area (Å²) in [5.74, 6) is -0.635. The first-order valence-electron chi connectivity index (χ1n) is 7.54. The zero-order valence-electron chi connectivity index (χ0n) is 13.6. The maximum atomic E-state index is 13.6. The molecule has 1 aliphatic carbocycles. The van der Waals surface area contributed by atoms with E-state index in [1.165, 1.54) is 18.2 Å². The number of hydrogen-bond acceptors (Lipinski definition) is 4. The lowest BCUT2D eigenvalue weighted by Gasteiger charge is -2.26. The lowest BCUT2D eigenvalue weighted by Crippen LogP contribution is -2.24. The van der Waals surface area contributed by atoms with Gasteiger partial charge in [0.15, 0.2) is 0 Å². The minimum absolute atomic E-state index is 0. The Kier molecular flexibility index (Phi) is 5.58. The number of phenols is 1. The summed E-state index contributed by atoms with van der Waals surface area (Å²) in [4.78, 5) is 4.42. The zero-order valence-corrected chi connectivity index (χ0v) is 14.4. The van der Waals surface area contributed by atoms with Crippen molar-refractivity contribution in [1.29, 1.82) is 0 Å². The Balaban J connectivity index is 0.00000225. The van der Waals surface area contributed by atoms with E-state index in [0.717, 1.165) is 16.8 Å². The molecule has 1 atom stereocenters. The SMILES string of the molecule is Cc1ccnc2c1/C(=N\N=C(N)N)CC(c1cc(F)ccc1O)C2.Cl. The number of aromatic hydroxyl groups is 1. The molecule has 1 aromatic heterocycles. The van der Waals surface area contributed by atoms with Crippen LogP contribution < -0.4 is 11.5 Å². The largest absolute Gasteiger partial charge is 0.508 e. The van der Waals surface area contributed by atoms with Gasteiger partial charge in [-0.15, -0.1) is 17.5 Å². The first-order chi connectivity index (χ1) is 11.5. The monoisotopic (exact) mass is 363 g/mol. The molecule has 0 aliphatic heterocycles. The summed E-state index contributed by atoms with van der Waals surface area (Å²) in [5, 5.41) is 18.0. The van der Waals surface area contributed by atoms with E-state index in [-0.39, 0.29) is 30.0 Å². The first-order valence-corrected chi connectivity index (χ1v) is 7.54. The van der Waals surface area contributed by atoms with E-state index in [0.29, 0.717) is 24.1 Å². The predicted octanol–water partition coefficient (Wildman–Crippen LogP) is 2.36. The van der Waals surface area contributed by atoms with Gasteiger partial charge in [0, 0.05) is 17.3 Å². The molecule has 1 heterocycles. The summed E-state index contributed by atoms with van der Waals surface area (Å²) < 4.78 is 13.6. The molecule has 25 heavy (non-hydrogen) atoms. The van der Waals surface area contributed by atoms with Crippen LogP contribution in [0.3, 0.4) is 0 Å². The number of phenolic OH excluding ortho intramolecular Hbond substituents is 1. The van der Waals surface area contributed by atoms with Gasteiger partial charge in [0.25, 0.3) is 0 Å². The number of pyridine rings is 1. The number of benzene rings is 1. The number of guanidine groups is 1. The molecule has 0 saturated heterocycles. The van der Waals surface area contributed by atoms with E-state index >= 15 is 0 Å². The van der Waals surface area contributed by atoms with E-state index in [2.05, 4.69) is 15.2 Å². The Labute approximate surface area is 150 Å². The molecule has 1 unspecified atom stereocenters. The lowest BCUT2D eigenvalue weighted by atomic mass is 9.79. The van der Waals surface area contributed by atoms with Crippen molar-refractivity contribution in [3.8, 4) is 5.75 Å². The van der Waals surface area contributed by atoms with Crippen LogP contribution in [-0.2, 0) is 6.42 Å². The van der Waals surface area contributed by atoms with Crippen LogP contribution in [0.4, 0.5) is 4.39 Å². The highest BCUT2D eigenvalue weighted by molar-refractivity contribution is 6.04. The maximum Gasteiger partial charge on any atom is 0.211 e. The molecule has 5 N–H and O–H groups in total. The van der Waals surface area contributed by atoms with Gasteiger partial charge >= 0.3 is 0 Å². The van der Waals surface area contributed by atoms with Crippen LogP contribution in [0.1, 0.15) is 34.7 Å². The van der Waals surface area contributed by atoms with Crippen molar-refractivity contribution in [2.75, 3.05) is 0 Å². The van der Waals surface area contributed by atoms with Crippen molar-refractivity contribution in [3.63, 3.8) is 0 Å². The minimum Gasteiger partial charge on any atom is -0.508 e. The van der Waals surface area contributed by atoms with Gasteiger partial charge in [-0.25, -0.2) is 4.39 Å². The third-order valence-electron chi connectivity index (χ3n) is 4.12. The standard InChI is InChI=1S/C17H18FN5O.ClH/c1-9-4-5-21-13-6-10(12-8-11(18)2-3-15(12)24)7-14(16(9)13)22-23-17(19)20;/h2-5,8,10,24H,6-7H2,1H3,(H4,19,20,23);1H/b22-14-;. The molecule has 0 fully saturated rings. The number of nitrogens with zero attached hydrogens (tertiary/aromatic N) is 3. The summed E-state index contributed by atoms with van der Waals surface area (Å²) in [6.45, 7) is 1.96. The molecule has 0 spiro atoms. The molecule has 0 radical (unpaired) electrons. The fourth-order valence-corrected chi connectivity index (χ4v) is 3.09. The summed E-state index contributed by atoms with van der Waals surface area (Å²) in [5.41, 5.74) is 14.7. The number of aromatic nitrogens is 1. The molecule has 0 saturated carbocycles. The number of halogens is 2. The van der Waals surface area contributed by atoms with Crippen molar-refractivity contribution in [2.45, 2.75) is 25.7 Å². The van der Waals surface area contributed by atoms with Crippen LogP contribution in [0.15, 0.2) is 40.7 Å². The van der Waals surface area contributed by atoms with Crippen LogP contribution in [0, 0.1) is 12.7 Å². The Bertz CT molecular complexity index is 849. The average molecular weight is 364 g/mol. The summed E-state index contributed by atoms with van der Waals surface area (Å²) in [7, 11) is 0. The van der Waals surface area contributed by atoms with Crippen LogP contribution >= 0.6 is 12.4 Å². The lowest BCUT2D eigenvalue weighted by molar-refractivity contribution is 0.456. The van der Waals surface area contributed by atoms with Crippen molar-refractivity contribution in [1.82, 2.24) is 4.98 Å². The van der Waals surface area contributed by atoms with E-state index in [9.17, 15) is 9.50 Å². The number of aryl methyl sites for hydroxylation is 1. The average Bonchev–Trinajstić information content (AvgIpc) is 2.54. The molecule has 0 bridgehead atoms. The highest BCUT2D eigenvalue weighted by atomic mass is 35.5. The van der Waals surface area contributed by atoms with Crippen LogP contribution in [0.2, 0.25) is 0 Å². The van der Waals surface area contributed by atoms with Crippen molar-refractivity contribution in [3.05, 3.63) is 58.7 Å². The Hall–Kier alpha value is -2.67. The van der Waals surface area contributed by atoms with E-state index in [1.54, 1.807) is 6.20 Å². The second-order valence-electron chi connectivity index (χ2n) is 5.83. The predicted molar refractivity (Wildman–Crippen MR) is 97.7 cm³/mol.